The fraction of sp³-hybridized carbons (Fsp3) is 0.692. The Morgan fingerprint density at radius 2 is 2.06 bits per heavy atom. The van der Waals surface area contributed by atoms with Crippen LogP contribution in [0.4, 0.5) is 0 Å². The van der Waals surface area contributed by atoms with Gasteiger partial charge in [0, 0.05) is 18.5 Å². The SMILES string of the molecule is COCCNCCCCCCc1sccc1Cl. The maximum Gasteiger partial charge on any atom is 0.0587 e. The van der Waals surface area contributed by atoms with Gasteiger partial charge < -0.3 is 10.1 Å². The molecule has 1 rings (SSSR count). The van der Waals surface area contributed by atoms with Crippen LogP contribution >= 0.6 is 22.9 Å². The van der Waals surface area contributed by atoms with Gasteiger partial charge in [0.05, 0.1) is 11.6 Å². The zero-order valence-electron chi connectivity index (χ0n) is 10.5. The lowest BCUT2D eigenvalue weighted by atomic mass is 10.1. The van der Waals surface area contributed by atoms with Gasteiger partial charge >= 0.3 is 0 Å². The van der Waals surface area contributed by atoms with E-state index in [-0.39, 0.29) is 0 Å². The highest BCUT2D eigenvalue weighted by atomic mass is 35.5. The van der Waals surface area contributed by atoms with Crippen molar-refractivity contribution in [1.82, 2.24) is 5.32 Å². The van der Waals surface area contributed by atoms with E-state index in [0.29, 0.717) is 0 Å². The first-order chi connectivity index (χ1) is 8.34. The lowest BCUT2D eigenvalue weighted by molar-refractivity contribution is 0.199. The third kappa shape index (κ3) is 7.04. The van der Waals surface area contributed by atoms with Crippen molar-refractivity contribution < 1.29 is 4.74 Å². The highest BCUT2D eigenvalue weighted by Gasteiger charge is 2.00. The normalized spacial score (nSPS) is 10.9. The molecule has 0 radical (unpaired) electrons. The highest BCUT2D eigenvalue weighted by molar-refractivity contribution is 7.10. The summed E-state index contributed by atoms with van der Waals surface area (Å²) < 4.78 is 4.97. The van der Waals surface area contributed by atoms with Gasteiger partial charge in [-0.05, 0) is 37.3 Å². The first kappa shape index (κ1) is 15.0. The van der Waals surface area contributed by atoms with Gasteiger partial charge in [0.2, 0.25) is 0 Å². The number of hydrogen-bond acceptors (Lipinski definition) is 3. The molecule has 0 aliphatic heterocycles. The van der Waals surface area contributed by atoms with Crippen molar-refractivity contribution in [3.63, 3.8) is 0 Å². The minimum Gasteiger partial charge on any atom is -0.383 e. The third-order valence-electron chi connectivity index (χ3n) is 2.68. The summed E-state index contributed by atoms with van der Waals surface area (Å²) in [7, 11) is 1.73. The molecule has 98 valence electrons. The fourth-order valence-electron chi connectivity index (χ4n) is 1.69. The van der Waals surface area contributed by atoms with Gasteiger partial charge in [0.1, 0.15) is 0 Å². The quantitative estimate of drug-likeness (QED) is 0.657. The summed E-state index contributed by atoms with van der Waals surface area (Å²) in [6.45, 7) is 2.86. The van der Waals surface area contributed by atoms with Gasteiger partial charge in [-0.3, -0.25) is 0 Å². The zero-order chi connectivity index (χ0) is 12.3. The Bertz CT molecular complexity index is 291. The Kier molecular flexibility index (Phi) is 8.71. The highest BCUT2D eigenvalue weighted by Crippen LogP contribution is 2.23. The molecule has 1 N–H and O–H groups in total. The Morgan fingerprint density at radius 3 is 2.76 bits per heavy atom. The van der Waals surface area contributed by atoms with E-state index in [4.69, 9.17) is 16.3 Å². The fourth-order valence-corrected chi connectivity index (χ4v) is 2.87. The van der Waals surface area contributed by atoms with Gasteiger partial charge in [-0.1, -0.05) is 24.4 Å². The molecule has 17 heavy (non-hydrogen) atoms. The van der Waals surface area contributed by atoms with E-state index in [1.165, 1.54) is 30.6 Å². The molecule has 0 fully saturated rings. The number of ether oxygens (including phenoxy) is 1. The van der Waals surface area contributed by atoms with Gasteiger partial charge in [-0.2, -0.15) is 0 Å². The molecule has 1 heterocycles. The molecule has 1 aromatic rings. The zero-order valence-corrected chi connectivity index (χ0v) is 12.1. The Balaban J connectivity index is 1.86. The molecule has 0 aliphatic carbocycles. The summed E-state index contributed by atoms with van der Waals surface area (Å²) in [5.74, 6) is 0. The van der Waals surface area contributed by atoms with Crippen LogP contribution in [0, 0.1) is 0 Å². The van der Waals surface area contributed by atoms with E-state index in [0.717, 1.165) is 31.1 Å². The standard InChI is InChI=1S/C13H22ClNOS/c1-16-10-9-15-8-5-3-2-4-6-13-12(14)7-11-17-13/h7,11,15H,2-6,8-10H2,1H3. The average molecular weight is 276 g/mol. The van der Waals surface area contributed by atoms with E-state index in [1.54, 1.807) is 18.4 Å². The smallest absolute Gasteiger partial charge is 0.0587 e. The van der Waals surface area contributed by atoms with Crippen molar-refractivity contribution in [2.75, 3.05) is 26.8 Å². The number of methoxy groups -OCH3 is 1. The Morgan fingerprint density at radius 1 is 1.24 bits per heavy atom. The van der Waals surface area contributed by atoms with Crippen LogP contribution in [0.25, 0.3) is 0 Å². The van der Waals surface area contributed by atoms with E-state index in [2.05, 4.69) is 10.7 Å². The minimum absolute atomic E-state index is 0.802. The molecule has 0 saturated heterocycles. The lowest BCUT2D eigenvalue weighted by Crippen LogP contribution is -2.20. The van der Waals surface area contributed by atoms with Crippen molar-refractivity contribution >= 4 is 22.9 Å². The molecule has 0 atom stereocenters. The van der Waals surface area contributed by atoms with E-state index >= 15 is 0 Å². The number of thiophene rings is 1. The van der Waals surface area contributed by atoms with Crippen LogP contribution in [0.2, 0.25) is 5.02 Å². The second kappa shape index (κ2) is 9.89. The maximum absolute atomic E-state index is 6.04. The van der Waals surface area contributed by atoms with Gasteiger partial charge in [0.25, 0.3) is 0 Å². The molecule has 0 unspecified atom stereocenters. The van der Waals surface area contributed by atoms with Crippen LogP contribution in [-0.4, -0.2) is 26.8 Å². The molecule has 4 heteroatoms. The molecule has 1 aromatic heterocycles. The summed E-state index contributed by atoms with van der Waals surface area (Å²) in [6, 6.07) is 1.99. The summed E-state index contributed by atoms with van der Waals surface area (Å²) in [5.41, 5.74) is 0. The predicted molar refractivity (Wildman–Crippen MR) is 76.2 cm³/mol. The molecule has 0 aromatic carbocycles. The van der Waals surface area contributed by atoms with Crippen LogP contribution in [0.5, 0.6) is 0 Å². The molecule has 0 saturated carbocycles. The second-order valence-corrected chi connectivity index (χ2v) is 5.51. The summed E-state index contributed by atoms with van der Waals surface area (Å²) in [5, 5.41) is 6.36. The topological polar surface area (TPSA) is 21.3 Å². The lowest BCUT2D eigenvalue weighted by Gasteiger charge is -2.04. The monoisotopic (exact) mass is 275 g/mol. The van der Waals surface area contributed by atoms with Crippen molar-refractivity contribution in [2.45, 2.75) is 32.1 Å². The third-order valence-corrected chi connectivity index (χ3v) is 4.13. The van der Waals surface area contributed by atoms with Crippen LogP contribution < -0.4 is 5.32 Å². The number of nitrogens with one attached hydrogen (secondary N) is 1. The van der Waals surface area contributed by atoms with E-state index < -0.39 is 0 Å². The first-order valence-corrected chi connectivity index (χ1v) is 7.52. The number of halogens is 1. The van der Waals surface area contributed by atoms with Crippen molar-refractivity contribution in [3.8, 4) is 0 Å². The maximum atomic E-state index is 6.04. The van der Waals surface area contributed by atoms with Crippen molar-refractivity contribution in [1.29, 1.82) is 0 Å². The molecule has 0 amide bonds. The molecule has 0 aliphatic rings. The number of aryl methyl sites for hydroxylation is 1. The minimum atomic E-state index is 0.802. The van der Waals surface area contributed by atoms with Crippen molar-refractivity contribution in [3.05, 3.63) is 21.3 Å². The summed E-state index contributed by atoms with van der Waals surface area (Å²) >= 11 is 7.81. The summed E-state index contributed by atoms with van der Waals surface area (Å²) in [4.78, 5) is 1.34. The Labute approximate surface area is 113 Å². The first-order valence-electron chi connectivity index (χ1n) is 6.26. The molecular formula is C13H22ClNOS. The number of rotatable bonds is 10. The predicted octanol–water partition coefficient (Wildman–Crippen LogP) is 3.74. The van der Waals surface area contributed by atoms with Crippen LogP contribution in [0.3, 0.4) is 0 Å². The molecule has 0 spiro atoms. The van der Waals surface area contributed by atoms with Gasteiger partial charge in [0.15, 0.2) is 0 Å². The average Bonchev–Trinajstić information content (AvgIpc) is 2.73. The van der Waals surface area contributed by atoms with Gasteiger partial charge in [-0.25, -0.2) is 0 Å². The largest absolute Gasteiger partial charge is 0.383 e. The van der Waals surface area contributed by atoms with Gasteiger partial charge in [-0.15, -0.1) is 11.3 Å². The van der Waals surface area contributed by atoms with Crippen LogP contribution in [0.15, 0.2) is 11.4 Å². The van der Waals surface area contributed by atoms with E-state index in [9.17, 15) is 0 Å². The molecule has 0 bridgehead atoms. The van der Waals surface area contributed by atoms with E-state index in [1.807, 2.05) is 6.07 Å². The molecular weight excluding hydrogens is 254 g/mol. The Hall–Kier alpha value is -0.0900. The number of hydrogen-bond donors (Lipinski definition) is 1. The van der Waals surface area contributed by atoms with Crippen LogP contribution in [0.1, 0.15) is 30.6 Å². The van der Waals surface area contributed by atoms with Crippen molar-refractivity contribution in [2.24, 2.45) is 0 Å². The summed E-state index contributed by atoms with van der Waals surface area (Å²) in [6.07, 6.45) is 6.22. The molecule has 2 nitrogen and oxygen atoms in total. The number of unbranched alkanes of at least 4 members (excludes halogenated alkanes) is 3. The van der Waals surface area contributed by atoms with Crippen LogP contribution in [-0.2, 0) is 11.2 Å². The second-order valence-electron chi connectivity index (χ2n) is 4.10.